The van der Waals surface area contributed by atoms with Gasteiger partial charge in [-0.15, -0.1) is 0 Å². The Hall–Kier alpha value is -5.13. The van der Waals surface area contributed by atoms with Crippen molar-refractivity contribution in [3.63, 3.8) is 0 Å². The molecule has 1 aliphatic heterocycles. The molecular weight excluding hydrogens is 566 g/mol. The highest BCUT2D eigenvalue weighted by atomic mass is 16.1. The smallest absolute Gasteiger partial charge is 0.247 e. The zero-order chi connectivity index (χ0) is 31.6. The number of nitrogens with one attached hydrogen (secondary N) is 2. The third-order valence-electron chi connectivity index (χ3n) is 7.64. The van der Waals surface area contributed by atoms with Crippen molar-refractivity contribution < 1.29 is 9.59 Å². The van der Waals surface area contributed by atoms with E-state index in [2.05, 4.69) is 68.1 Å². The van der Waals surface area contributed by atoms with Crippen molar-refractivity contribution in [2.45, 2.75) is 13.0 Å². The molecule has 0 aliphatic carbocycles. The molecule has 1 saturated heterocycles. The SMILES string of the molecule is C=CC(=O)Nc1cccc(N(C=O)c2nc(Nc3ccc(N4CCN(C)CC4)nc3)ncc2CCN(C)Cc2ccccc2)c1. The topological polar surface area (TPSA) is 110 Å². The Kier molecular flexibility index (Phi) is 10.5. The number of carbonyl (C=O) groups is 2. The van der Waals surface area contributed by atoms with Gasteiger partial charge < -0.3 is 25.3 Å². The van der Waals surface area contributed by atoms with Gasteiger partial charge in [-0.25, -0.2) is 9.97 Å². The summed E-state index contributed by atoms with van der Waals surface area (Å²) in [5.41, 5.74) is 3.84. The number of pyridine rings is 1. The van der Waals surface area contributed by atoms with Crippen molar-refractivity contribution in [3.8, 4) is 0 Å². The summed E-state index contributed by atoms with van der Waals surface area (Å²) >= 11 is 0. The Morgan fingerprint density at radius 2 is 1.78 bits per heavy atom. The Bertz CT molecular complexity index is 1590. The number of hydrogen-bond acceptors (Lipinski definition) is 9. The Morgan fingerprint density at radius 3 is 2.49 bits per heavy atom. The van der Waals surface area contributed by atoms with Crippen molar-refractivity contribution >= 4 is 47.0 Å². The minimum absolute atomic E-state index is 0.337. The molecule has 1 aliphatic rings. The molecule has 0 saturated carbocycles. The lowest BCUT2D eigenvalue weighted by molar-refractivity contribution is -0.112. The maximum atomic E-state index is 12.6. The van der Waals surface area contributed by atoms with E-state index in [-0.39, 0.29) is 5.91 Å². The highest BCUT2D eigenvalue weighted by Gasteiger charge is 2.19. The summed E-state index contributed by atoms with van der Waals surface area (Å²) in [7, 11) is 4.19. The number of nitrogens with zero attached hydrogens (tertiary/aromatic N) is 7. The summed E-state index contributed by atoms with van der Waals surface area (Å²) in [6, 6.07) is 21.3. The second-order valence-corrected chi connectivity index (χ2v) is 11.1. The molecule has 2 amide bonds. The van der Waals surface area contributed by atoms with Crippen LogP contribution in [0.2, 0.25) is 0 Å². The van der Waals surface area contributed by atoms with E-state index in [0.717, 1.165) is 62.7 Å². The van der Waals surface area contributed by atoms with E-state index in [1.165, 1.54) is 16.5 Å². The van der Waals surface area contributed by atoms with E-state index in [0.29, 0.717) is 29.6 Å². The highest BCUT2D eigenvalue weighted by Crippen LogP contribution is 2.29. The molecule has 0 atom stereocenters. The molecule has 232 valence electrons. The molecule has 3 heterocycles. The largest absolute Gasteiger partial charge is 0.354 e. The number of carbonyl (C=O) groups excluding carboxylic acids is 2. The molecule has 2 aromatic carbocycles. The lowest BCUT2D eigenvalue weighted by Gasteiger charge is -2.33. The summed E-state index contributed by atoms with van der Waals surface area (Å²) in [6.07, 6.45) is 6.06. The number of amides is 2. The van der Waals surface area contributed by atoms with Gasteiger partial charge in [0.1, 0.15) is 11.6 Å². The molecular formula is C34H39N9O2. The average molecular weight is 606 g/mol. The summed E-state index contributed by atoms with van der Waals surface area (Å²) in [6.45, 7) is 8.90. The summed E-state index contributed by atoms with van der Waals surface area (Å²) in [5.74, 6) is 1.38. The molecule has 11 nitrogen and oxygen atoms in total. The molecule has 0 spiro atoms. The van der Waals surface area contributed by atoms with Crippen LogP contribution in [0.15, 0.2) is 91.8 Å². The van der Waals surface area contributed by atoms with Gasteiger partial charge in [0.25, 0.3) is 0 Å². The number of hydrogen-bond donors (Lipinski definition) is 2. The van der Waals surface area contributed by atoms with Crippen LogP contribution >= 0.6 is 0 Å². The van der Waals surface area contributed by atoms with E-state index >= 15 is 0 Å². The van der Waals surface area contributed by atoms with Crippen molar-refractivity contribution in [1.82, 2.24) is 24.8 Å². The second kappa shape index (κ2) is 15.0. The molecule has 2 N–H and O–H groups in total. The maximum absolute atomic E-state index is 12.6. The number of rotatable bonds is 13. The molecule has 1 fully saturated rings. The highest BCUT2D eigenvalue weighted by molar-refractivity contribution is 5.99. The van der Waals surface area contributed by atoms with Gasteiger partial charge >= 0.3 is 0 Å². The van der Waals surface area contributed by atoms with Crippen LogP contribution in [0.25, 0.3) is 0 Å². The first-order chi connectivity index (χ1) is 21.9. The third-order valence-corrected chi connectivity index (χ3v) is 7.64. The minimum atomic E-state index is -0.340. The van der Waals surface area contributed by atoms with Crippen molar-refractivity contribution in [1.29, 1.82) is 0 Å². The van der Waals surface area contributed by atoms with E-state index in [1.54, 1.807) is 36.7 Å². The van der Waals surface area contributed by atoms with Crippen molar-refractivity contribution in [2.24, 2.45) is 0 Å². The van der Waals surface area contributed by atoms with Crippen molar-refractivity contribution in [2.75, 3.05) is 67.3 Å². The Balaban J connectivity index is 1.39. The molecule has 0 radical (unpaired) electrons. The quantitative estimate of drug-likeness (QED) is 0.169. The van der Waals surface area contributed by atoms with Crippen LogP contribution in [-0.4, -0.2) is 83.9 Å². The average Bonchev–Trinajstić information content (AvgIpc) is 3.06. The monoisotopic (exact) mass is 605 g/mol. The van der Waals surface area contributed by atoms with Gasteiger partial charge in [-0.05, 0) is 62.5 Å². The predicted octanol–water partition coefficient (Wildman–Crippen LogP) is 4.46. The van der Waals surface area contributed by atoms with E-state index in [9.17, 15) is 9.59 Å². The predicted molar refractivity (Wildman–Crippen MR) is 179 cm³/mol. The van der Waals surface area contributed by atoms with Gasteiger partial charge in [0.05, 0.1) is 17.6 Å². The summed E-state index contributed by atoms with van der Waals surface area (Å²) in [5, 5.41) is 6.00. The fourth-order valence-electron chi connectivity index (χ4n) is 5.10. The van der Waals surface area contributed by atoms with Crippen LogP contribution in [0.4, 0.5) is 34.6 Å². The number of anilines is 6. The standard InChI is InChI=1S/C34H39N9O2/c1-4-32(45)37-28-11-8-12-30(21-28)43(25-44)33-27(15-16-41(3)24-26-9-6-5-7-10-26)22-36-34(39-33)38-29-13-14-31(35-23-29)42-19-17-40(2)18-20-42/h4-14,21-23,25H,1,15-20,24H2,2-3H3,(H,37,45)(H,36,38,39). The van der Waals surface area contributed by atoms with E-state index in [1.807, 2.05) is 30.3 Å². The van der Waals surface area contributed by atoms with Crippen LogP contribution < -0.4 is 20.4 Å². The normalized spacial score (nSPS) is 13.4. The summed E-state index contributed by atoms with van der Waals surface area (Å²) in [4.78, 5) is 46.9. The first-order valence-corrected chi connectivity index (χ1v) is 14.9. The lowest BCUT2D eigenvalue weighted by atomic mass is 10.1. The fourth-order valence-corrected chi connectivity index (χ4v) is 5.10. The first-order valence-electron chi connectivity index (χ1n) is 14.9. The van der Waals surface area contributed by atoms with Crippen molar-refractivity contribution in [3.05, 3.63) is 103 Å². The van der Waals surface area contributed by atoms with E-state index in [4.69, 9.17) is 4.98 Å². The Labute approximate surface area is 264 Å². The van der Waals surface area contributed by atoms with Crippen LogP contribution in [0, 0.1) is 0 Å². The minimum Gasteiger partial charge on any atom is -0.354 e. The zero-order valence-electron chi connectivity index (χ0n) is 25.8. The zero-order valence-corrected chi connectivity index (χ0v) is 25.8. The second-order valence-electron chi connectivity index (χ2n) is 11.1. The lowest BCUT2D eigenvalue weighted by Crippen LogP contribution is -2.44. The maximum Gasteiger partial charge on any atom is 0.247 e. The Morgan fingerprint density at radius 1 is 0.978 bits per heavy atom. The van der Waals surface area contributed by atoms with Crippen LogP contribution in [0.3, 0.4) is 0 Å². The third kappa shape index (κ3) is 8.49. The van der Waals surface area contributed by atoms with Gasteiger partial charge in [-0.3, -0.25) is 14.5 Å². The molecule has 45 heavy (non-hydrogen) atoms. The number of aromatic nitrogens is 3. The molecule has 11 heteroatoms. The summed E-state index contributed by atoms with van der Waals surface area (Å²) < 4.78 is 0. The van der Waals surface area contributed by atoms with Crippen LogP contribution in [-0.2, 0) is 22.6 Å². The molecule has 2 aromatic heterocycles. The van der Waals surface area contributed by atoms with E-state index < -0.39 is 0 Å². The van der Waals surface area contributed by atoms with Gasteiger partial charge in [-0.2, -0.15) is 4.98 Å². The van der Waals surface area contributed by atoms with Crippen LogP contribution in [0.5, 0.6) is 0 Å². The number of piperazine rings is 1. The molecule has 5 rings (SSSR count). The van der Waals surface area contributed by atoms with Gasteiger partial charge in [0.15, 0.2) is 0 Å². The molecule has 4 aromatic rings. The fraction of sp³-hybridized carbons (Fsp3) is 0.265. The first kappa shape index (κ1) is 31.3. The van der Waals surface area contributed by atoms with Crippen LogP contribution in [0.1, 0.15) is 11.1 Å². The number of benzene rings is 2. The molecule has 0 bridgehead atoms. The van der Waals surface area contributed by atoms with Gasteiger partial charge in [-0.1, -0.05) is 43.0 Å². The number of likely N-dealkylation sites (N-methyl/N-ethyl adjacent to an activating group) is 2. The molecule has 0 unspecified atom stereocenters. The van der Waals surface area contributed by atoms with Gasteiger partial charge in [0.2, 0.25) is 18.3 Å². The van der Waals surface area contributed by atoms with Gasteiger partial charge in [0, 0.05) is 56.7 Å².